The van der Waals surface area contributed by atoms with E-state index in [4.69, 9.17) is 24.9 Å². The third-order valence-corrected chi connectivity index (χ3v) is 14.1. The zero-order chi connectivity index (χ0) is 37.5. The summed E-state index contributed by atoms with van der Waals surface area (Å²) in [5.41, 5.74) is 6.90. The molecule has 0 N–H and O–H groups in total. The summed E-state index contributed by atoms with van der Waals surface area (Å²) in [5.74, 6) is 2.66. The first-order chi connectivity index (χ1) is 28.2. The number of hydrogen-bond acceptors (Lipinski definition) is 8. The molecule has 0 fully saturated rings. The summed E-state index contributed by atoms with van der Waals surface area (Å²) in [4.78, 5) is 26.0. The second kappa shape index (κ2) is 12.9. The van der Waals surface area contributed by atoms with Crippen LogP contribution in [0.2, 0.25) is 0 Å². The van der Waals surface area contributed by atoms with Crippen molar-refractivity contribution in [2.45, 2.75) is 0 Å². The third kappa shape index (κ3) is 5.29. The highest BCUT2D eigenvalue weighted by Crippen LogP contribution is 2.47. The lowest BCUT2D eigenvalue weighted by molar-refractivity contribution is 1.08. The van der Waals surface area contributed by atoms with Gasteiger partial charge in [-0.2, -0.15) is 0 Å². The third-order valence-electron chi connectivity index (χ3n) is 10.6. The van der Waals surface area contributed by atoms with Gasteiger partial charge in [-0.3, -0.25) is 0 Å². The number of nitrogens with zero attached hydrogens (tertiary/aromatic N) is 5. The lowest BCUT2D eigenvalue weighted by atomic mass is 10.0. The van der Waals surface area contributed by atoms with Crippen molar-refractivity contribution in [1.29, 1.82) is 0 Å². The smallest absolute Gasteiger partial charge is 0.164 e. The topological polar surface area (TPSA) is 64.5 Å². The molecule has 57 heavy (non-hydrogen) atoms. The molecular formula is C49H27N5S3. The van der Waals surface area contributed by atoms with Gasteiger partial charge in [0.15, 0.2) is 23.3 Å². The SMILES string of the molecule is c1ccc(-c2nc(-c3ccccc3)nc(-c3cccc4sc5c(-c6nc(-c7ccc8c(c7)sc7ccccc78)nc7c6sc6ccccc67)cccc5c34)n2)cc1. The fourth-order valence-corrected chi connectivity index (χ4v) is 11.5. The van der Waals surface area contributed by atoms with Crippen LogP contribution in [-0.2, 0) is 0 Å². The lowest BCUT2D eigenvalue weighted by Gasteiger charge is -2.10. The summed E-state index contributed by atoms with van der Waals surface area (Å²) in [5, 5.41) is 5.96. The van der Waals surface area contributed by atoms with E-state index in [2.05, 4.69) is 103 Å². The van der Waals surface area contributed by atoms with Crippen LogP contribution in [-0.4, -0.2) is 24.9 Å². The number of aromatic nitrogens is 5. The van der Waals surface area contributed by atoms with Crippen molar-refractivity contribution in [3.05, 3.63) is 164 Å². The van der Waals surface area contributed by atoms with Crippen molar-refractivity contribution in [3.8, 4) is 56.8 Å². The summed E-state index contributed by atoms with van der Waals surface area (Å²) in [6.07, 6.45) is 0. The van der Waals surface area contributed by atoms with Gasteiger partial charge in [0.1, 0.15) is 0 Å². The minimum absolute atomic E-state index is 0.645. The highest BCUT2D eigenvalue weighted by Gasteiger charge is 2.22. The molecule has 0 radical (unpaired) electrons. The second-order valence-electron chi connectivity index (χ2n) is 14.0. The Bertz CT molecular complexity index is 3480. The van der Waals surface area contributed by atoms with Crippen LogP contribution in [0.5, 0.6) is 0 Å². The molecule has 5 aromatic heterocycles. The van der Waals surface area contributed by atoms with Gasteiger partial charge in [-0.1, -0.05) is 140 Å². The summed E-state index contributed by atoms with van der Waals surface area (Å²) >= 11 is 5.37. The summed E-state index contributed by atoms with van der Waals surface area (Å²) < 4.78 is 7.14. The number of benzene rings is 7. The molecule has 5 heterocycles. The zero-order valence-corrected chi connectivity index (χ0v) is 32.5. The van der Waals surface area contributed by atoms with Crippen LogP contribution < -0.4 is 0 Å². The van der Waals surface area contributed by atoms with Crippen LogP contribution in [0.1, 0.15) is 0 Å². The largest absolute Gasteiger partial charge is 0.226 e. The molecular weight excluding hydrogens is 755 g/mol. The van der Waals surface area contributed by atoms with E-state index < -0.39 is 0 Å². The maximum absolute atomic E-state index is 5.47. The minimum atomic E-state index is 0.645. The first kappa shape index (κ1) is 32.5. The molecule has 8 heteroatoms. The molecule has 0 aliphatic rings. The Hall–Kier alpha value is -6.71. The fraction of sp³-hybridized carbons (Fsp3) is 0. The summed E-state index contributed by atoms with van der Waals surface area (Å²) in [6.45, 7) is 0. The first-order valence-corrected chi connectivity index (χ1v) is 21.1. The Morgan fingerprint density at radius 1 is 0.316 bits per heavy atom. The van der Waals surface area contributed by atoms with Crippen molar-refractivity contribution < 1.29 is 0 Å². The van der Waals surface area contributed by atoms with E-state index in [0.717, 1.165) is 70.4 Å². The maximum atomic E-state index is 5.47. The van der Waals surface area contributed by atoms with Crippen LogP contribution in [0.15, 0.2) is 164 Å². The maximum Gasteiger partial charge on any atom is 0.164 e. The predicted octanol–water partition coefficient (Wildman–Crippen LogP) is 14.1. The number of fused-ring (bicyclic) bond motifs is 9. The Morgan fingerprint density at radius 2 is 0.877 bits per heavy atom. The van der Waals surface area contributed by atoms with E-state index in [9.17, 15) is 0 Å². The monoisotopic (exact) mass is 781 g/mol. The lowest BCUT2D eigenvalue weighted by Crippen LogP contribution is -2.00. The van der Waals surface area contributed by atoms with Crippen LogP contribution >= 0.6 is 34.0 Å². The summed E-state index contributed by atoms with van der Waals surface area (Å²) in [6, 6.07) is 57.2. The van der Waals surface area contributed by atoms with Crippen LogP contribution in [0.25, 0.3) is 117 Å². The van der Waals surface area contributed by atoms with Gasteiger partial charge in [-0.05, 0) is 24.3 Å². The van der Waals surface area contributed by atoms with Gasteiger partial charge >= 0.3 is 0 Å². The fourth-order valence-electron chi connectivity index (χ4n) is 7.92. The first-order valence-electron chi connectivity index (χ1n) is 18.7. The molecule has 0 unspecified atom stereocenters. The molecule has 7 aromatic carbocycles. The predicted molar refractivity (Wildman–Crippen MR) is 241 cm³/mol. The molecule has 0 saturated heterocycles. The molecule has 0 atom stereocenters. The second-order valence-corrected chi connectivity index (χ2v) is 17.2. The van der Waals surface area contributed by atoms with Gasteiger partial charge in [-0.15, -0.1) is 34.0 Å². The molecule has 0 amide bonds. The van der Waals surface area contributed by atoms with E-state index in [1.165, 1.54) is 29.6 Å². The van der Waals surface area contributed by atoms with Gasteiger partial charge in [0.05, 0.1) is 15.9 Å². The average Bonchev–Trinajstić information content (AvgIpc) is 3.98. The van der Waals surface area contributed by atoms with E-state index in [1.54, 1.807) is 22.7 Å². The Kier molecular flexibility index (Phi) is 7.38. The van der Waals surface area contributed by atoms with Gasteiger partial charge in [0.2, 0.25) is 0 Å². The normalized spacial score (nSPS) is 11.9. The molecule has 0 aliphatic carbocycles. The number of thiophene rings is 3. The number of rotatable bonds is 5. The standard InChI is InChI=1S/C49H27N5S3/c1-3-13-28(14-4-1)46-52-47(29-15-5-2-6-16-29)54-49(53-46)35-20-12-24-39-41(35)34-19-11-21-36(44(34)57-39)43-45-42(33-18-8-10-23-38(33)56-45)50-48(51-43)30-25-26-32-31-17-7-9-22-37(31)55-40(32)27-30/h1-27H. The van der Waals surface area contributed by atoms with Crippen molar-refractivity contribution in [2.24, 2.45) is 0 Å². The Morgan fingerprint density at radius 3 is 1.65 bits per heavy atom. The number of hydrogen-bond donors (Lipinski definition) is 0. The van der Waals surface area contributed by atoms with Crippen molar-refractivity contribution in [2.75, 3.05) is 0 Å². The van der Waals surface area contributed by atoms with Crippen LogP contribution in [0.4, 0.5) is 0 Å². The van der Waals surface area contributed by atoms with Crippen molar-refractivity contribution in [1.82, 2.24) is 24.9 Å². The van der Waals surface area contributed by atoms with Crippen LogP contribution in [0.3, 0.4) is 0 Å². The van der Waals surface area contributed by atoms with E-state index in [0.29, 0.717) is 17.5 Å². The minimum Gasteiger partial charge on any atom is -0.226 e. The van der Waals surface area contributed by atoms with Gasteiger partial charge in [0.25, 0.3) is 0 Å². The molecule has 0 bridgehead atoms. The Labute approximate surface area is 338 Å². The van der Waals surface area contributed by atoms with Gasteiger partial charge in [-0.25, -0.2) is 24.9 Å². The highest BCUT2D eigenvalue weighted by molar-refractivity contribution is 7.27. The molecule has 0 aliphatic heterocycles. The molecule has 5 nitrogen and oxygen atoms in total. The van der Waals surface area contributed by atoms with E-state index >= 15 is 0 Å². The molecule has 0 spiro atoms. The quantitative estimate of drug-likeness (QED) is 0.174. The summed E-state index contributed by atoms with van der Waals surface area (Å²) in [7, 11) is 0. The Balaban J connectivity index is 1.09. The average molecular weight is 782 g/mol. The van der Waals surface area contributed by atoms with Gasteiger partial charge < -0.3 is 0 Å². The van der Waals surface area contributed by atoms with Gasteiger partial charge in [0, 0.05) is 78.2 Å². The zero-order valence-electron chi connectivity index (χ0n) is 30.0. The highest BCUT2D eigenvalue weighted by atomic mass is 32.1. The van der Waals surface area contributed by atoms with Crippen molar-refractivity contribution in [3.63, 3.8) is 0 Å². The molecule has 12 rings (SSSR count). The van der Waals surface area contributed by atoms with Crippen LogP contribution in [0, 0.1) is 0 Å². The van der Waals surface area contributed by atoms with E-state index in [-0.39, 0.29) is 0 Å². The van der Waals surface area contributed by atoms with E-state index in [1.807, 2.05) is 72.0 Å². The molecule has 266 valence electrons. The molecule has 0 saturated carbocycles. The van der Waals surface area contributed by atoms with Crippen molar-refractivity contribution >= 4 is 94.7 Å². The molecule has 12 aromatic rings.